The summed E-state index contributed by atoms with van der Waals surface area (Å²) in [6.45, 7) is 2.20. The summed E-state index contributed by atoms with van der Waals surface area (Å²) in [6.07, 6.45) is -3.72. The third-order valence-electron chi connectivity index (χ3n) is 3.96. The maximum atomic E-state index is 13.2. The number of hydrogen-bond acceptors (Lipinski definition) is 2. The van der Waals surface area contributed by atoms with Crippen LogP contribution in [0.25, 0.3) is 11.0 Å². The number of carbonyl (C=O) groups is 1. The molecule has 0 bridgehead atoms. The maximum absolute atomic E-state index is 13.2. The van der Waals surface area contributed by atoms with Crippen molar-refractivity contribution in [2.24, 2.45) is 11.8 Å². The molecule has 1 aliphatic rings. The van der Waals surface area contributed by atoms with Gasteiger partial charge in [0.25, 0.3) is 0 Å². The molecule has 1 aromatic heterocycles. The molecule has 1 heterocycles. The molecular weight excluding hydrogens is 285 g/mol. The standard InChI is InChI=1S/C14H13F3N2O2/c1-7-5-8(7)6-19-10-4-2-3-9(12(20)21)11(10)18-13(19)14(15,16)17/h2-4,7-8H,5-6H2,1H3,(H,20,21). The summed E-state index contributed by atoms with van der Waals surface area (Å²) in [7, 11) is 0. The van der Waals surface area contributed by atoms with Crippen LogP contribution >= 0.6 is 0 Å². The smallest absolute Gasteiger partial charge is 0.449 e. The van der Waals surface area contributed by atoms with Gasteiger partial charge in [-0.25, -0.2) is 9.78 Å². The average Bonchev–Trinajstić information content (AvgIpc) is 2.94. The Labute approximate surface area is 118 Å². The van der Waals surface area contributed by atoms with Gasteiger partial charge in [-0.05, 0) is 30.4 Å². The van der Waals surface area contributed by atoms with Crippen LogP contribution < -0.4 is 0 Å². The summed E-state index contributed by atoms with van der Waals surface area (Å²) in [6, 6.07) is 4.19. The second-order valence-corrected chi connectivity index (χ2v) is 5.50. The van der Waals surface area contributed by atoms with Crippen LogP contribution in [0, 0.1) is 11.8 Å². The molecule has 3 rings (SSSR count). The van der Waals surface area contributed by atoms with Gasteiger partial charge in [0.05, 0.1) is 11.1 Å². The van der Waals surface area contributed by atoms with E-state index in [1.807, 2.05) is 6.92 Å². The first kappa shape index (κ1) is 13.9. The number of carboxylic acids is 1. The van der Waals surface area contributed by atoms with Crippen molar-refractivity contribution in [2.75, 3.05) is 0 Å². The van der Waals surface area contributed by atoms with Crippen LogP contribution in [-0.2, 0) is 12.7 Å². The summed E-state index contributed by atoms with van der Waals surface area (Å²) in [5.74, 6) is -1.72. The number of nitrogens with zero attached hydrogens (tertiary/aromatic N) is 2. The molecule has 4 nitrogen and oxygen atoms in total. The third kappa shape index (κ3) is 2.36. The van der Waals surface area contributed by atoms with Crippen LogP contribution in [0.3, 0.4) is 0 Å². The van der Waals surface area contributed by atoms with Gasteiger partial charge in [-0.2, -0.15) is 13.2 Å². The number of halogens is 3. The van der Waals surface area contributed by atoms with Crippen LogP contribution in [0.4, 0.5) is 13.2 Å². The highest BCUT2D eigenvalue weighted by Gasteiger charge is 2.41. The number of hydrogen-bond donors (Lipinski definition) is 1. The largest absolute Gasteiger partial charge is 0.478 e. The number of carboxylic acid groups (broad SMARTS) is 1. The lowest BCUT2D eigenvalue weighted by molar-refractivity contribution is -0.147. The summed E-state index contributed by atoms with van der Waals surface area (Å²) in [5, 5.41) is 9.09. The number of benzene rings is 1. The minimum absolute atomic E-state index is 0.106. The molecule has 7 heteroatoms. The first-order valence-electron chi connectivity index (χ1n) is 6.58. The van der Waals surface area contributed by atoms with E-state index in [9.17, 15) is 18.0 Å². The number of fused-ring (bicyclic) bond motifs is 1. The van der Waals surface area contributed by atoms with Gasteiger partial charge >= 0.3 is 12.1 Å². The molecule has 2 unspecified atom stereocenters. The van der Waals surface area contributed by atoms with E-state index in [0.717, 1.165) is 11.0 Å². The molecular formula is C14H13F3N2O2. The van der Waals surface area contributed by atoms with Gasteiger partial charge < -0.3 is 9.67 Å². The Kier molecular flexibility index (Phi) is 2.96. The van der Waals surface area contributed by atoms with E-state index in [1.54, 1.807) is 0 Å². The van der Waals surface area contributed by atoms with Gasteiger partial charge in [-0.3, -0.25) is 0 Å². The zero-order valence-electron chi connectivity index (χ0n) is 11.2. The third-order valence-corrected chi connectivity index (χ3v) is 3.96. The van der Waals surface area contributed by atoms with Gasteiger partial charge in [-0.15, -0.1) is 0 Å². The Hall–Kier alpha value is -2.05. The SMILES string of the molecule is CC1CC1Cn1c(C(F)(F)F)nc2c(C(=O)O)cccc21. The molecule has 1 saturated carbocycles. The van der Waals surface area contributed by atoms with Gasteiger partial charge in [0.2, 0.25) is 5.82 Å². The van der Waals surface area contributed by atoms with E-state index in [4.69, 9.17) is 5.11 Å². The monoisotopic (exact) mass is 298 g/mol. The Morgan fingerprint density at radius 3 is 2.67 bits per heavy atom. The minimum Gasteiger partial charge on any atom is -0.478 e. The van der Waals surface area contributed by atoms with Crippen molar-refractivity contribution in [1.29, 1.82) is 0 Å². The van der Waals surface area contributed by atoms with Crippen molar-refractivity contribution in [3.63, 3.8) is 0 Å². The Balaban J connectivity index is 2.21. The molecule has 1 aromatic carbocycles. The summed E-state index contributed by atoms with van der Waals surface area (Å²) < 4.78 is 40.6. The lowest BCUT2D eigenvalue weighted by Gasteiger charge is -2.11. The van der Waals surface area contributed by atoms with Gasteiger partial charge in [0.1, 0.15) is 5.52 Å². The van der Waals surface area contributed by atoms with Crippen molar-refractivity contribution in [1.82, 2.24) is 9.55 Å². The van der Waals surface area contributed by atoms with Gasteiger partial charge in [0, 0.05) is 6.54 Å². The molecule has 0 amide bonds. The molecule has 0 saturated heterocycles. The number of para-hydroxylation sites is 1. The Bertz CT molecular complexity index is 721. The topological polar surface area (TPSA) is 55.1 Å². The summed E-state index contributed by atoms with van der Waals surface area (Å²) in [5.41, 5.74) is -0.0902. The number of aromatic nitrogens is 2. The molecule has 1 fully saturated rings. The van der Waals surface area contributed by atoms with E-state index in [1.165, 1.54) is 18.2 Å². The molecule has 0 radical (unpaired) electrons. The van der Waals surface area contributed by atoms with Gasteiger partial charge in [0.15, 0.2) is 0 Å². The summed E-state index contributed by atoms with van der Waals surface area (Å²) >= 11 is 0. The maximum Gasteiger partial charge on any atom is 0.449 e. The Morgan fingerprint density at radius 2 is 2.14 bits per heavy atom. The average molecular weight is 298 g/mol. The number of aromatic carboxylic acids is 1. The zero-order valence-corrected chi connectivity index (χ0v) is 11.2. The fraction of sp³-hybridized carbons (Fsp3) is 0.429. The number of alkyl halides is 3. The number of imidazole rings is 1. The quantitative estimate of drug-likeness (QED) is 0.944. The van der Waals surface area contributed by atoms with E-state index in [-0.39, 0.29) is 29.1 Å². The van der Waals surface area contributed by atoms with Crippen molar-refractivity contribution in [3.8, 4) is 0 Å². The lowest BCUT2D eigenvalue weighted by atomic mass is 10.2. The highest BCUT2D eigenvalue weighted by Crippen LogP contribution is 2.41. The molecule has 0 spiro atoms. The van der Waals surface area contributed by atoms with Crippen LogP contribution in [-0.4, -0.2) is 20.6 Å². The minimum atomic E-state index is -4.60. The second kappa shape index (κ2) is 4.47. The Morgan fingerprint density at radius 1 is 1.48 bits per heavy atom. The van der Waals surface area contributed by atoms with E-state index in [2.05, 4.69) is 4.98 Å². The highest BCUT2D eigenvalue weighted by atomic mass is 19.4. The zero-order chi connectivity index (χ0) is 15.4. The predicted molar refractivity (Wildman–Crippen MR) is 69.0 cm³/mol. The van der Waals surface area contributed by atoms with E-state index >= 15 is 0 Å². The molecule has 0 aliphatic heterocycles. The first-order chi connectivity index (χ1) is 9.79. The van der Waals surface area contributed by atoms with Crippen LogP contribution in [0.5, 0.6) is 0 Å². The predicted octanol–water partition coefficient (Wildman–Crippen LogP) is 3.41. The van der Waals surface area contributed by atoms with Crippen molar-refractivity contribution in [2.45, 2.75) is 26.1 Å². The van der Waals surface area contributed by atoms with Crippen molar-refractivity contribution in [3.05, 3.63) is 29.6 Å². The molecule has 2 aromatic rings. The van der Waals surface area contributed by atoms with E-state index in [0.29, 0.717) is 5.92 Å². The fourth-order valence-electron chi connectivity index (χ4n) is 2.61. The fourth-order valence-corrected chi connectivity index (χ4v) is 2.61. The summed E-state index contributed by atoms with van der Waals surface area (Å²) in [4.78, 5) is 14.7. The number of rotatable bonds is 3. The second-order valence-electron chi connectivity index (χ2n) is 5.50. The molecule has 21 heavy (non-hydrogen) atoms. The van der Waals surface area contributed by atoms with Crippen LogP contribution in [0.2, 0.25) is 0 Å². The first-order valence-corrected chi connectivity index (χ1v) is 6.58. The lowest BCUT2D eigenvalue weighted by Crippen LogP contribution is -2.16. The van der Waals surface area contributed by atoms with Crippen LogP contribution in [0.1, 0.15) is 29.5 Å². The van der Waals surface area contributed by atoms with Gasteiger partial charge in [-0.1, -0.05) is 13.0 Å². The van der Waals surface area contributed by atoms with Crippen LogP contribution in [0.15, 0.2) is 18.2 Å². The molecule has 1 N–H and O–H groups in total. The van der Waals surface area contributed by atoms with E-state index < -0.39 is 18.0 Å². The van der Waals surface area contributed by atoms with Crippen molar-refractivity contribution < 1.29 is 23.1 Å². The normalized spacial score (nSPS) is 21.7. The highest BCUT2D eigenvalue weighted by molar-refractivity contribution is 6.01. The molecule has 1 aliphatic carbocycles. The molecule has 112 valence electrons. The molecule has 2 atom stereocenters. The van der Waals surface area contributed by atoms with Crippen molar-refractivity contribution >= 4 is 17.0 Å².